The van der Waals surface area contributed by atoms with Gasteiger partial charge < -0.3 is 14.8 Å². The molecule has 0 fully saturated rings. The molecular formula is C14H23NO4. The van der Waals surface area contributed by atoms with Gasteiger partial charge in [0.15, 0.2) is 0 Å². The van der Waals surface area contributed by atoms with Gasteiger partial charge in [0.25, 0.3) is 0 Å². The van der Waals surface area contributed by atoms with E-state index in [1.54, 1.807) is 32.9 Å². The smallest absolute Gasteiger partial charge is 0.408 e. The van der Waals surface area contributed by atoms with E-state index in [1.165, 1.54) is 0 Å². The summed E-state index contributed by atoms with van der Waals surface area (Å²) in [5, 5.41) is 2.34. The molecule has 0 aromatic carbocycles. The summed E-state index contributed by atoms with van der Waals surface area (Å²) < 4.78 is 10.2. The van der Waals surface area contributed by atoms with E-state index >= 15 is 0 Å². The number of amides is 1. The first kappa shape index (κ1) is 17.2. The first-order chi connectivity index (χ1) is 8.78. The van der Waals surface area contributed by atoms with Crippen LogP contribution in [-0.4, -0.2) is 30.3 Å². The van der Waals surface area contributed by atoms with Crippen LogP contribution in [0, 0.1) is 0 Å². The molecule has 0 heterocycles. The molecule has 0 aromatic heterocycles. The molecule has 1 amide bonds. The molecule has 19 heavy (non-hydrogen) atoms. The van der Waals surface area contributed by atoms with Gasteiger partial charge in [-0.3, -0.25) is 4.79 Å². The van der Waals surface area contributed by atoms with Crippen molar-refractivity contribution >= 4 is 12.1 Å². The van der Waals surface area contributed by atoms with Gasteiger partial charge in [-0.1, -0.05) is 12.2 Å². The minimum absolute atomic E-state index is 0.223. The third-order valence-electron chi connectivity index (χ3n) is 1.93. The quantitative estimate of drug-likeness (QED) is 0.570. The number of rotatable bonds is 7. The van der Waals surface area contributed by atoms with Crippen molar-refractivity contribution in [3.8, 4) is 0 Å². The first-order valence-corrected chi connectivity index (χ1v) is 6.16. The first-order valence-electron chi connectivity index (χ1n) is 6.16. The fraction of sp³-hybridized carbons (Fsp3) is 0.571. The minimum Gasteiger partial charge on any atom is -0.460 e. The molecule has 0 aromatic rings. The average Bonchev–Trinajstić information content (AvgIpc) is 2.25. The van der Waals surface area contributed by atoms with Gasteiger partial charge >= 0.3 is 12.1 Å². The summed E-state index contributed by atoms with van der Waals surface area (Å²) in [4.78, 5) is 22.8. The highest BCUT2D eigenvalue weighted by molar-refractivity contribution is 5.78. The Kier molecular flexibility index (Phi) is 7.56. The maximum absolute atomic E-state index is 11.5. The Hall–Kier alpha value is -1.78. The lowest BCUT2D eigenvalue weighted by Gasteiger charge is -2.20. The second-order valence-electron chi connectivity index (χ2n) is 5.02. The van der Waals surface area contributed by atoms with Gasteiger partial charge in [0.05, 0.1) is 0 Å². The molecule has 0 aliphatic rings. The van der Waals surface area contributed by atoms with Gasteiger partial charge in [0.2, 0.25) is 0 Å². The second kappa shape index (κ2) is 8.34. The van der Waals surface area contributed by atoms with Crippen molar-refractivity contribution in [2.24, 2.45) is 0 Å². The Morgan fingerprint density at radius 2 is 1.74 bits per heavy atom. The lowest BCUT2D eigenvalue weighted by atomic mass is 10.2. The van der Waals surface area contributed by atoms with E-state index < -0.39 is 17.7 Å². The van der Waals surface area contributed by atoms with Crippen molar-refractivity contribution in [2.75, 3.05) is 6.54 Å². The number of hydrogen-bond donors (Lipinski definition) is 1. The molecule has 0 unspecified atom stereocenters. The molecule has 5 heteroatoms. The summed E-state index contributed by atoms with van der Waals surface area (Å²) >= 11 is 0. The number of nitrogens with one attached hydrogen (secondary N) is 1. The van der Waals surface area contributed by atoms with Gasteiger partial charge in [-0.25, -0.2) is 4.79 Å². The van der Waals surface area contributed by atoms with Crippen LogP contribution in [-0.2, 0) is 14.3 Å². The van der Waals surface area contributed by atoms with E-state index in [0.29, 0.717) is 12.8 Å². The van der Waals surface area contributed by atoms with E-state index in [2.05, 4.69) is 18.5 Å². The molecule has 0 bridgehead atoms. The molecule has 0 atom stereocenters. The summed E-state index contributed by atoms with van der Waals surface area (Å²) in [6.45, 7) is 12.2. The number of ether oxygens (including phenoxy) is 2. The lowest BCUT2D eigenvalue weighted by Crippen LogP contribution is -2.36. The molecule has 1 N–H and O–H groups in total. The molecule has 5 nitrogen and oxygen atoms in total. The fourth-order valence-corrected chi connectivity index (χ4v) is 1.25. The van der Waals surface area contributed by atoms with E-state index in [-0.39, 0.29) is 12.6 Å². The van der Waals surface area contributed by atoms with E-state index in [1.807, 2.05) is 0 Å². The zero-order valence-corrected chi connectivity index (χ0v) is 11.9. The Morgan fingerprint density at radius 3 is 2.16 bits per heavy atom. The molecule has 108 valence electrons. The Bertz CT molecular complexity index is 321. The molecule has 0 aliphatic heterocycles. The van der Waals surface area contributed by atoms with Gasteiger partial charge in [-0.15, -0.1) is 13.2 Å². The standard InChI is InChI=1S/C14H23NO4/c1-6-8-11(9-7-2)18-12(16)10-15-13(17)19-14(3,4)5/h6-7,11H,1-2,8-10H2,3-5H3,(H,15,17). The SMILES string of the molecule is C=CCC(CC=C)OC(=O)CNC(=O)OC(C)(C)C. The normalized spacial score (nSPS) is 10.7. The molecule has 0 spiro atoms. The highest BCUT2D eigenvalue weighted by atomic mass is 16.6. The van der Waals surface area contributed by atoms with Crippen LogP contribution in [0.25, 0.3) is 0 Å². The molecule has 0 saturated carbocycles. The second-order valence-corrected chi connectivity index (χ2v) is 5.02. The zero-order chi connectivity index (χ0) is 14.9. The topological polar surface area (TPSA) is 64.6 Å². The lowest BCUT2D eigenvalue weighted by molar-refractivity contribution is -0.147. The number of hydrogen-bond acceptors (Lipinski definition) is 4. The van der Waals surface area contributed by atoms with Crippen LogP contribution < -0.4 is 5.32 Å². The van der Waals surface area contributed by atoms with E-state index in [4.69, 9.17) is 9.47 Å². The van der Waals surface area contributed by atoms with Crippen LogP contribution in [0.5, 0.6) is 0 Å². The van der Waals surface area contributed by atoms with E-state index in [9.17, 15) is 9.59 Å². The van der Waals surface area contributed by atoms with Gasteiger partial charge in [-0.05, 0) is 20.8 Å². The summed E-state index contributed by atoms with van der Waals surface area (Å²) in [6, 6.07) is 0. The molecule has 0 saturated heterocycles. The maximum Gasteiger partial charge on any atom is 0.408 e. The van der Waals surface area contributed by atoms with Crippen LogP contribution >= 0.6 is 0 Å². The predicted molar refractivity (Wildman–Crippen MR) is 73.7 cm³/mol. The van der Waals surface area contributed by atoms with E-state index in [0.717, 1.165) is 0 Å². The van der Waals surface area contributed by atoms with Gasteiger partial charge in [0.1, 0.15) is 18.2 Å². The predicted octanol–water partition coefficient (Wildman–Crippen LogP) is 2.58. The van der Waals surface area contributed by atoms with Crippen LogP contribution in [0.3, 0.4) is 0 Å². The third kappa shape index (κ3) is 9.88. The van der Waals surface area contributed by atoms with Crippen LogP contribution in [0.1, 0.15) is 33.6 Å². The number of alkyl carbamates (subject to hydrolysis) is 1. The summed E-state index contributed by atoms with van der Waals surface area (Å²) in [5.74, 6) is -0.514. The summed E-state index contributed by atoms with van der Waals surface area (Å²) in [6.07, 6.45) is 3.50. The Morgan fingerprint density at radius 1 is 1.21 bits per heavy atom. The largest absolute Gasteiger partial charge is 0.460 e. The van der Waals surface area contributed by atoms with Gasteiger partial charge in [0, 0.05) is 12.8 Å². The third-order valence-corrected chi connectivity index (χ3v) is 1.93. The molecular weight excluding hydrogens is 246 g/mol. The monoisotopic (exact) mass is 269 g/mol. The van der Waals surface area contributed by atoms with Crippen molar-refractivity contribution in [2.45, 2.75) is 45.3 Å². The fourth-order valence-electron chi connectivity index (χ4n) is 1.25. The molecule has 0 radical (unpaired) electrons. The van der Waals surface area contributed by atoms with Crippen LogP contribution in [0.2, 0.25) is 0 Å². The average molecular weight is 269 g/mol. The molecule has 0 aliphatic carbocycles. The van der Waals surface area contributed by atoms with Crippen LogP contribution in [0.15, 0.2) is 25.3 Å². The maximum atomic E-state index is 11.5. The van der Waals surface area contributed by atoms with Crippen molar-refractivity contribution in [1.29, 1.82) is 0 Å². The Labute approximate surface area is 114 Å². The summed E-state index contributed by atoms with van der Waals surface area (Å²) in [7, 11) is 0. The minimum atomic E-state index is -0.645. The van der Waals surface area contributed by atoms with Crippen molar-refractivity contribution in [3.05, 3.63) is 25.3 Å². The number of carbonyl (C=O) groups excluding carboxylic acids is 2. The highest BCUT2D eigenvalue weighted by Gasteiger charge is 2.18. The highest BCUT2D eigenvalue weighted by Crippen LogP contribution is 2.07. The van der Waals surface area contributed by atoms with Crippen molar-refractivity contribution < 1.29 is 19.1 Å². The Balaban J connectivity index is 4.06. The van der Waals surface area contributed by atoms with Gasteiger partial charge in [-0.2, -0.15) is 0 Å². The molecule has 0 rings (SSSR count). The van der Waals surface area contributed by atoms with Crippen LogP contribution in [0.4, 0.5) is 4.79 Å². The number of carbonyl (C=O) groups is 2. The summed E-state index contributed by atoms with van der Waals surface area (Å²) in [5.41, 5.74) is -0.595. The van der Waals surface area contributed by atoms with Crippen molar-refractivity contribution in [1.82, 2.24) is 5.32 Å². The number of esters is 1. The zero-order valence-electron chi connectivity index (χ0n) is 11.9. The van der Waals surface area contributed by atoms with Crippen molar-refractivity contribution in [3.63, 3.8) is 0 Å².